The van der Waals surface area contributed by atoms with E-state index < -0.39 is 20.8 Å². The third-order valence-corrected chi connectivity index (χ3v) is 7.75. The third kappa shape index (κ3) is 12.5. The Labute approximate surface area is 267 Å². The van der Waals surface area contributed by atoms with Crippen LogP contribution in [0.1, 0.15) is 128 Å². The van der Waals surface area contributed by atoms with Crippen LogP contribution in [-0.4, -0.2) is 34.7 Å². The van der Waals surface area contributed by atoms with Gasteiger partial charge in [-0.2, -0.15) is 0 Å². The monoisotopic (exact) mass is 678 g/mol. The van der Waals surface area contributed by atoms with Crippen LogP contribution < -0.4 is 0 Å². The van der Waals surface area contributed by atoms with Crippen molar-refractivity contribution in [2.75, 3.05) is 0 Å². The Kier molecular flexibility index (Phi) is 15.7. The van der Waals surface area contributed by atoms with Crippen molar-refractivity contribution in [1.82, 2.24) is 0 Å². The maximum absolute atomic E-state index is 10.4. The van der Waals surface area contributed by atoms with E-state index in [1.54, 1.807) is 0 Å². The van der Waals surface area contributed by atoms with E-state index in [-0.39, 0.29) is 10.8 Å². The van der Waals surface area contributed by atoms with Gasteiger partial charge < -0.3 is 10.2 Å². The van der Waals surface area contributed by atoms with Gasteiger partial charge in [0.25, 0.3) is 0 Å². The Bertz CT molecular complexity index is 1020. The molecule has 4 nitrogen and oxygen atoms in total. The van der Waals surface area contributed by atoms with Crippen LogP contribution in [0.4, 0.5) is 0 Å². The molecular formula is C34H50Cl2N2O2Zr. The molecule has 2 aliphatic rings. The molecule has 2 fully saturated rings. The predicted molar refractivity (Wildman–Crippen MR) is 174 cm³/mol. The van der Waals surface area contributed by atoms with Crippen LogP contribution in [0.5, 0.6) is 11.5 Å². The normalized spacial score (nSPS) is 17.1. The number of rotatable bonds is 4. The number of hydrogen-bond acceptors (Lipinski definition) is 4. The Balaban J connectivity index is 0.000000262. The molecule has 2 aromatic carbocycles. The summed E-state index contributed by atoms with van der Waals surface area (Å²) in [4.78, 5) is 9.30. The molecule has 0 spiro atoms. The number of hydrogen-bond donors (Lipinski definition) is 2. The molecule has 0 radical (unpaired) electrons. The fourth-order valence-corrected chi connectivity index (χ4v) is 5.37. The summed E-state index contributed by atoms with van der Waals surface area (Å²) in [6.45, 7) is 12.7. The van der Waals surface area contributed by atoms with Crippen LogP contribution in [0, 0.1) is 0 Å². The van der Waals surface area contributed by atoms with Gasteiger partial charge in [0.15, 0.2) is 0 Å². The van der Waals surface area contributed by atoms with E-state index in [2.05, 4.69) is 51.5 Å². The zero-order valence-electron chi connectivity index (χ0n) is 25.9. The average Bonchev–Trinajstić information content (AvgIpc) is 2.92. The van der Waals surface area contributed by atoms with E-state index in [0.717, 1.165) is 22.3 Å². The minimum atomic E-state index is -0.826. The fourth-order valence-electron chi connectivity index (χ4n) is 5.37. The number of aliphatic imine (C=N–C) groups is 2. The molecule has 0 aromatic heterocycles. The number of aromatic hydroxyl groups is 2. The number of phenols is 2. The second-order valence-electron chi connectivity index (χ2n) is 13.2. The molecule has 2 aliphatic carbocycles. The quantitative estimate of drug-likeness (QED) is 0.316. The summed E-state index contributed by atoms with van der Waals surface area (Å²) in [6, 6.07) is 12.8. The van der Waals surface area contributed by atoms with Gasteiger partial charge in [0.05, 0.1) is 0 Å². The van der Waals surface area contributed by atoms with Crippen LogP contribution in [0.25, 0.3) is 0 Å². The molecule has 2 N–H and O–H groups in total. The molecule has 0 bridgehead atoms. The molecule has 7 heteroatoms. The van der Waals surface area contributed by atoms with Crippen LogP contribution in [0.15, 0.2) is 46.4 Å². The van der Waals surface area contributed by atoms with E-state index in [1.807, 2.05) is 48.8 Å². The first-order valence-electron chi connectivity index (χ1n) is 15.1. The van der Waals surface area contributed by atoms with Gasteiger partial charge in [-0.25, -0.2) is 0 Å². The second kappa shape index (κ2) is 17.8. The van der Waals surface area contributed by atoms with E-state index in [4.69, 9.17) is 17.0 Å². The molecule has 226 valence electrons. The Hall–Kier alpha value is -1.16. The van der Waals surface area contributed by atoms with Crippen molar-refractivity contribution in [3.63, 3.8) is 0 Å². The molecular weight excluding hydrogens is 631 g/mol. The van der Waals surface area contributed by atoms with Gasteiger partial charge in [0, 0.05) is 35.6 Å². The number of nitrogens with zero attached hydrogens (tertiary/aromatic N) is 2. The number of halogens is 2. The molecule has 0 saturated heterocycles. The van der Waals surface area contributed by atoms with Gasteiger partial charge in [0.1, 0.15) is 11.5 Å². The molecule has 0 aliphatic heterocycles. The second-order valence-corrected chi connectivity index (χ2v) is 16.9. The zero-order valence-corrected chi connectivity index (χ0v) is 29.9. The van der Waals surface area contributed by atoms with Gasteiger partial charge in [-0.1, -0.05) is 104 Å². The Morgan fingerprint density at radius 1 is 0.634 bits per heavy atom. The van der Waals surface area contributed by atoms with Crippen molar-refractivity contribution < 1.29 is 31.1 Å². The SMILES string of the molecule is CC(C)(C)c1cccc(C=NC2CCCCC2)c1O.CC(C)(C)c1cccc(C=NC2CCCCC2)c1O.[Cl][Zr][Cl]. The van der Waals surface area contributed by atoms with Gasteiger partial charge in [-0.3, -0.25) is 9.98 Å². The van der Waals surface area contributed by atoms with Crippen LogP contribution in [-0.2, 0) is 31.7 Å². The third-order valence-electron chi connectivity index (χ3n) is 7.75. The van der Waals surface area contributed by atoms with Crippen molar-refractivity contribution in [2.24, 2.45) is 9.98 Å². The number of para-hydroxylation sites is 2. The molecule has 0 unspecified atom stereocenters. The number of phenolic OH excluding ortho intramolecular Hbond substituents is 2. The maximum atomic E-state index is 10.4. The summed E-state index contributed by atoms with van der Waals surface area (Å²) in [5, 5.41) is 20.7. The molecule has 0 amide bonds. The Morgan fingerprint density at radius 2 is 0.951 bits per heavy atom. The van der Waals surface area contributed by atoms with Crippen molar-refractivity contribution in [3.8, 4) is 11.5 Å². The summed E-state index contributed by atoms with van der Waals surface area (Å²) in [7, 11) is 9.87. The fraction of sp³-hybridized carbons (Fsp3) is 0.588. The number of benzene rings is 2. The Morgan fingerprint density at radius 3 is 1.24 bits per heavy atom. The molecule has 2 aromatic rings. The van der Waals surface area contributed by atoms with E-state index in [0.29, 0.717) is 23.6 Å². The zero-order chi connectivity index (χ0) is 30.5. The standard InChI is InChI=1S/2C17H25NO.2ClH.Zr/c2*1-17(2,3)15-11-7-8-13(16(15)19)12-18-14-9-5-4-6-10-14;;;/h2*7-8,11-12,14,19H,4-6,9-10H2,1-3H3;2*1H;/q;;;;+2/p-2. The molecule has 41 heavy (non-hydrogen) atoms. The van der Waals surface area contributed by atoms with Gasteiger partial charge in [-0.05, 0) is 59.8 Å². The molecule has 0 atom stereocenters. The van der Waals surface area contributed by atoms with Crippen LogP contribution >= 0.6 is 17.0 Å². The van der Waals surface area contributed by atoms with Crippen molar-refractivity contribution in [3.05, 3.63) is 58.7 Å². The van der Waals surface area contributed by atoms with Crippen LogP contribution in [0.2, 0.25) is 0 Å². The summed E-state index contributed by atoms with van der Waals surface area (Å²) in [5.41, 5.74) is 3.58. The van der Waals surface area contributed by atoms with E-state index in [9.17, 15) is 10.2 Å². The molecule has 2 saturated carbocycles. The predicted octanol–water partition coefficient (Wildman–Crippen LogP) is 10.3. The summed E-state index contributed by atoms with van der Waals surface area (Å²) >= 11 is -0.826. The first-order valence-corrected chi connectivity index (χ1v) is 21.4. The minimum absolute atomic E-state index is 0.0429. The average molecular weight is 681 g/mol. The topological polar surface area (TPSA) is 65.2 Å². The van der Waals surface area contributed by atoms with Crippen LogP contribution in [0.3, 0.4) is 0 Å². The van der Waals surface area contributed by atoms with Gasteiger partial charge in [-0.15, -0.1) is 0 Å². The summed E-state index contributed by atoms with van der Waals surface area (Å²) < 4.78 is 0. The van der Waals surface area contributed by atoms with Crippen molar-refractivity contribution in [2.45, 2.75) is 129 Å². The van der Waals surface area contributed by atoms with Gasteiger partial charge >= 0.3 is 37.9 Å². The van der Waals surface area contributed by atoms with E-state index >= 15 is 0 Å². The summed E-state index contributed by atoms with van der Waals surface area (Å²) in [6.07, 6.45) is 16.3. The van der Waals surface area contributed by atoms with E-state index in [1.165, 1.54) is 64.2 Å². The first-order chi connectivity index (χ1) is 19.4. The molecule has 4 rings (SSSR count). The summed E-state index contributed by atoms with van der Waals surface area (Å²) in [5.74, 6) is 0.768. The van der Waals surface area contributed by atoms with Gasteiger partial charge in [0.2, 0.25) is 0 Å². The van der Waals surface area contributed by atoms with Crippen molar-refractivity contribution in [1.29, 1.82) is 0 Å². The molecule has 0 heterocycles. The van der Waals surface area contributed by atoms with Crippen molar-refractivity contribution >= 4 is 29.5 Å². The first kappa shape index (κ1) is 36.0.